The minimum absolute atomic E-state index is 0.562. The van der Waals surface area contributed by atoms with Crippen molar-refractivity contribution in [2.45, 2.75) is 12.8 Å². The number of hydrogen-bond donors (Lipinski definition) is 2. The minimum Gasteiger partial charge on any atom is -0.375 e. The zero-order valence-electron chi connectivity index (χ0n) is 10.5. The van der Waals surface area contributed by atoms with Crippen LogP contribution in [0.25, 0.3) is 0 Å². The van der Waals surface area contributed by atoms with Gasteiger partial charge in [-0.1, -0.05) is 29.8 Å². The molecule has 0 amide bonds. The number of anilines is 1. The van der Waals surface area contributed by atoms with Gasteiger partial charge in [0.15, 0.2) is 11.0 Å². The normalized spacial score (nSPS) is 10.8. The predicted octanol–water partition coefficient (Wildman–Crippen LogP) is 2.68. The molecular weight excluding hydrogens is 294 g/mol. The summed E-state index contributed by atoms with van der Waals surface area (Å²) in [5.74, 6) is 1.49. The number of hydrogen-bond acceptors (Lipinski definition) is 5. The van der Waals surface area contributed by atoms with Gasteiger partial charge in [-0.05, 0) is 11.6 Å². The summed E-state index contributed by atoms with van der Waals surface area (Å²) in [6.07, 6.45) is 1.21. The van der Waals surface area contributed by atoms with Gasteiger partial charge < -0.3 is 5.73 Å². The van der Waals surface area contributed by atoms with Gasteiger partial charge in [-0.3, -0.25) is 5.10 Å². The molecule has 7 heteroatoms. The molecule has 0 radical (unpaired) electrons. The largest absolute Gasteiger partial charge is 0.375 e. The summed E-state index contributed by atoms with van der Waals surface area (Å²) in [7, 11) is 0. The SMILES string of the molecule is Nc1nc(Cc2n[nH]c(Cc3ccccc3Cl)n2)cs1. The van der Waals surface area contributed by atoms with Crippen LogP contribution in [0.5, 0.6) is 0 Å². The number of nitrogen functional groups attached to an aromatic ring is 1. The molecular formula is C13H12ClN5S. The summed E-state index contributed by atoms with van der Waals surface area (Å²) < 4.78 is 0. The molecule has 0 spiro atoms. The second-order valence-corrected chi connectivity index (χ2v) is 5.62. The zero-order valence-corrected chi connectivity index (χ0v) is 12.1. The zero-order chi connectivity index (χ0) is 13.9. The van der Waals surface area contributed by atoms with Crippen molar-refractivity contribution in [1.29, 1.82) is 0 Å². The van der Waals surface area contributed by atoms with E-state index >= 15 is 0 Å². The summed E-state index contributed by atoms with van der Waals surface area (Å²) in [6, 6.07) is 7.71. The monoisotopic (exact) mass is 305 g/mol. The summed E-state index contributed by atoms with van der Waals surface area (Å²) in [6.45, 7) is 0. The fraction of sp³-hybridized carbons (Fsp3) is 0.154. The molecule has 2 aromatic heterocycles. The molecule has 0 saturated carbocycles. The lowest BCUT2D eigenvalue weighted by Gasteiger charge is -1.99. The van der Waals surface area contributed by atoms with E-state index in [1.807, 2.05) is 29.6 Å². The highest BCUT2D eigenvalue weighted by molar-refractivity contribution is 7.13. The van der Waals surface area contributed by atoms with Gasteiger partial charge in [0, 0.05) is 16.8 Å². The molecule has 2 heterocycles. The van der Waals surface area contributed by atoms with Crippen molar-refractivity contribution in [3.63, 3.8) is 0 Å². The molecule has 0 bridgehead atoms. The van der Waals surface area contributed by atoms with Crippen molar-refractivity contribution in [3.8, 4) is 0 Å². The maximum atomic E-state index is 6.13. The smallest absolute Gasteiger partial charge is 0.180 e. The highest BCUT2D eigenvalue weighted by Gasteiger charge is 2.08. The third kappa shape index (κ3) is 2.97. The van der Waals surface area contributed by atoms with E-state index in [4.69, 9.17) is 17.3 Å². The van der Waals surface area contributed by atoms with Crippen LogP contribution in [0.15, 0.2) is 29.6 Å². The van der Waals surface area contributed by atoms with Crippen molar-refractivity contribution in [2.24, 2.45) is 0 Å². The van der Waals surface area contributed by atoms with Crippen LogP contribution in [0.3, 0.4) is 0 Å². The Morgan fingerprint density at radius 3 is 2.80 bits per heavy atom. The van der Waals surface area contributed by atoms with Crippen molar-refractivity contribution in [1.82, 2.24) is 20.2 Å². The van der Waals surface area contributed by atoms with E-state index in [-0.39, 0.29) is 0 Å². The number of aromatic nitrogens is 4. The van der Waals surface area contributed by atoms with Gasteiger partial charge in [0.05, 0.1) is 12.1 Å². The Bertz CT molecular complexity index is 721. The lowest BCUT2D eigenvalue weighted by Crippen LogP contribution is -1.94. The number of benzene rings is 1. The average molecular weight is 306 g/mol. The molecule has 3 N–H and O–H groups in total. The number of rotatable bonds is 4. The standard InChI is InChI=1S/C13H12ClN5S/c14-10-4-2-1-3-8(10)5-11-17-12(19-18-11)6-9-7-20-13(15)16-9/h1-4,7H,5-6H2,(H2,15,16)(H,17,18,19). The topological polar surface area (TPSA) is 80.5 Å². The number of H-pyrrole nitrogens is 1. The van der Waals surface area contributed by atoms with Crippen molar-refractivity contribution < 1.29 is 0 Å². The molecule has 3 rings (SSSR count). The van der Waals surface area contributed by atoms with Crippen LogP contribution >= 0.6 is 22.9 Å². The molecule has 0 fully saturated rings. The summed E-state index contributed by atoms with van der Waals surface area (Å²) in [5, 5.41) is 10.3. The van der Waals surface area contributed by atoms with Gasteiger partial charge in [0.1, 0.15) is 5.82 Å². The Balaban J connectivity index is 1.72. The number of halogens is 1. The van der Waals surface area contributed by atoms with Crippen LogP contribution in [-0.4, -0.2) is 20.2 Å². The molecule has 0 saturated heterocycles. The first kappa shape index (κ1) is 13.1. The minimum atomic E-state index is 0.562. The predicted molar refractivity (Wildman–Crippen MR) is 80.0 cm³/mol. The fourth-order valence-electron chi connectivity index (χ4n) is 1.88. The van der Waals surface area contributed by atoms with Crippen LogP contribution in [0.4, 0.5) is 5.13 Å². The second kappa shape index (κ2) is 5.60. The Kier molecular flexibility index (Phi) is 3.66. The van der Waals surface area contributed by atoms with Gasteiger partial charge in [-0.15, -0.1) is 11.3 Å². The van der Waals surface area contributed by atoms with E-state index in [0.29, 0.717) is 23.8 Å². The molecule has 20 heavy (non-hydrogen) atoms. The molecule has 0 aliphatic heterocycles. The molecule has 1 aromatic carbocycles. The molecule has 0 atom stereocenters. The van der Waals surface area contributed by atoms with Gasteiger partial charge >= 0.3 is 0 Å². The van der Waals surface area contributed by atoms with Crippen LogP contribution in [0.1, 0.15) is 22.9 Å². The first-order chi connectivity index (χ1) is 9.70. The molecule has 5 nitrogen and oxygen atoms in total. The molecule has 0 aliphatic carbocycles. The van der Waals surface area contributed by atoms with E-state index in [1.54, 1.807) is 0 Å². The maximum absolute atomic E-state index is 6.13. The first-order valence-electron chi connectivity index (χ1n) is 6.04. The average Bonchev–Trinajstić information content (AvgIpc) is 3.02. The van der Waals surface area contributed by atoms with E-state index in [0.717, 1.165) is 22.1 Å². The summed E-state index contributed by atoms with van der Waals surface area (Å²) in [4.78, 5) is 8.64. The first-order valence-corrected chi connectivity index (χ1v) is 7.30. The fourth-order valence-corrected chi connectivity index (χ4v) is 2.65. The summed E-state index contributed by atoms with van der Waals surface area (Å²) >= 11 is 7.55. The molecule has 0 aliphatic rings. The van der Waals surface area contributed by atoms with Crippen LogP contribution in [0.2, 0.25) is 5.02 Å². The highest BCUT2D eigenvalue weighted by atomic mass is 35.5. The Labute approximate surface area is 124 Å². The van der Waals surface area contributed by atoms with Crippen LogP contribution < -0.4 is 5.73 Å². The van der Waals surface area contributed by atoms with E-state index in [9.17, 15) is 0 Å². The third-order valence-electron chi connectivity index (χ3n) is 2.80. The number of nitrogens with zero attached hydrogens (tertiary/aromatic N) is 3. The van der Waals surface area contributed by atoms with Gasteiger partial charge in [-0.2, -0.15) is 5.10 Å². The quantitative estimate of drug-likeness (QED) is 0.776. The molecule has 3 aromatic rings. The Morgan fingerprint density at radius 2 is 2.05 bits per heavy atom. The maximum Gasteiger partial charge on any atom is 0.180 e. The number of nitrogens with two attached hydrogens (primary N) is 1. The lowest BCUT2D eigenvalue weighted by atomic mass is 10.1. The van der Waals surface area contributed by atoms with E-state index < -0.39 is 0 Å². The molecule has 0 unspecified atom stereocenters. The van der Waals surface area contributed by atoms with Crippen LogP contribution in [0, 0.1) is 0 Å². The Morgan fingerprint density at radius 1 is 1.20 bits per heavy atom. The van der Waals surface area contributed by atoms with Crippen LogP contribution in [-0.2, 0) is 12.8 Å². The van der Waals surface area contributed by atoms with Crippen molar-refractivity contribution in [3.05, 3.63) is 57.6 Å². The summed E-state index contributed by atoms with van der Waals surface area (Å²) in [5.41, 5.74) is 7.51. The van der Waals surface area contributed by atoms with Gasteiger partial charge in [-0.25, -0.2) is 9.97 Å². The van der Waals surface area contributed by atoms with Crippen molar-refractivity contribution >= 4 is 28.1 Å². The Hall–Kier alpha value is -1.92. The van der Waals surface area contributed by atoms with E-state index in [1.165, 1.54) is 11.3 Å². The lowest BCUT2D eigenvalue weighted by molar-refractivity contribution is 0.946. The second-order valence-electron chi connectivity index (χ2n) is 4.32. The van der Waals surface area contributed by atoms with Gasteiger partial charge in [0.25, 0.3) is 0 Å². The van der Waals surface area contributed by atoms with Gasteiger partial charge in [0.2, 0.25) is 0 Å². The number of thiazole rings is 1. The highest BCUT2D eigenvalue weighted by Crippen LogP contribution is 2.18. The van der Waals surface area contributed by atoms with E-state index in [2.05, 4.69) is 20.2 Å². The van der Waals surface area contributed by atoms with Crippen molar-refractivity contribution in [2.75, 3.05) is 5.73 Å². The molecule has 102 valence electrons. The third-order valence-corrected chi connectivity index (χ3v) is 3.89. The number of nitrogens with one attached hydrogen (secondary N) is 1. The number of aromatic amines is 1.